The number of para-hydroxylation sites is 1. The van der Waals surface area contributed by atoms with Crippen molar-refractivity contribution in [2.75, 3.05) is 5.32 Å². The highest BCUT2D eigenvalue weighted by atomic mass is 32.1. The summed E-state index contributed by atoms with van der Waals surface area (Å²) in [5.41, 5.74) is 8.01. The lowest BCUT2D eigenvalue weighted by atomic mass is 10.0. The van der Waals surface area contributed by atoms with Gasteiger partial charge in [-0.3, -0.25) is 0 Å². The highest BCUT2D eigenvalue weighted by Gasteiger charge is 2.07. The van der Waals surface area contributed by atoms with Gasteiger partial charge in [0, 0.05) is 23.3 Å². The summed E-state index contributed by atoms with van der Waals surface area (Å²) in [6.45, 7) is 4.92. The Morgan fingerprint density at radius 3 is 2.76 bits per heavy atom. The number of thiazole rings is 1. The zero-order valence-corrected chi connectivity index (χ0v) is 10.9. The summed E-state index contributed by atoms with van der Waals surface area (Å²) in [7, 11) is 0. The SMILES string of the molecule is CC(C)c1ccccc1Nc1ncc(CN)s1. The number of anilines is 2. The second-order valence-corrected chi connectivity index (χ2v) is 5.32. The maximum atomic E-state index is 5.58. The lowest BCUT2D eigenvalue weighted by Gasteiger charge is -2.12. The Hall–Kier alpha value is -1.39. The summed E-state index contributed by atoms with van der Waals surface area (Å²) < 4.78 is 0. The lowest BCUT2D eigenvalue weighted by Crippen LogP contribution is -1.96. The third kappa shape index (κ3) is 2.84. The fourth-order valence-electron chi connectivity index (χ4n) is 1.69. The van der Waals surface area contributed by atoms with Gasteiger partial charge in [0.25, 0.3) is 0 Å². The number of nitrogens with zero attached hydrogens (tertiary/aromatic N) is 1. The zero-order valence-electron chi connectivity index (χ0n) is 10.1. The summed E-state index contributed by atoms with van der Waals surface area (Å²) in [5.74, 6) is 0.493. The number of aromatic nitrogens is 1. The Morgan fingerprint density at radius 1 is 1.35 bits per heavy atom. The Bertz CT molecular complexity index is 491. The van der Waals surface area contributed by atoms with Crippen LogP contribution in [-0.2, 0) is 6.54 Å². The molecule has 1 aromatic heterocycles. The first kappa shape index (κ1) is 12.1. The van der Waals surface area contributed by atoms with Gasteiger partial charge in [-0.25, -0.2) is 4.98 Å². The van der Waals surface area contributed by atoms with Crippen LogP contribution in [0.4, 0.5) is 10.8 Å². The highest BCUT2D eigenvalue weighted by Crippen LogP contribution is 2.28. The summed E-state index contributed by atoms with van der Waals surface area (Å²) in [6.07, 6.45) is 1.82. The van der Waals surface area contributed by atoms with E-state index in [9.17, 15) is 0 Å². The molecule has 0 bridgehead atoms. The molecule has 2 aromatic rings. The molecule has 0 aliphatic rings. The monoisotopic (exact) mass is 247 g/mol. The second kappa shape index (κ2) is 5.29. The van der Waals surface area contributed by atoms with E-state index in [0.29, 0.717) is 12.5 Å². The van der Waals surface area contributed by atoms with Crippen molar-refractivity contribution in [3.8, 4) is 0 Å². The molecule has 0 radical (unpaired) electrons. The van der Waals surface area contributed by atoms with Crippen LogP contribution in [0.5, 0.6) is 0 Å². The van der Waals surface area contributed by atoms with E-state index in [0.717, 1.165) is 15.7 Å². The lowest BCUT2D eigenvalue weighted by molar-refractivity contribution is 0.869. The average molecular weight is 247 g/mol. The molecule has 0 saturated carbocycles. The standard InChI is InChI=1S/C13H17N3S/c1-9(2)11-5-3-4-6-12(11)16-13-15-8-10(7-14)17-13/h3-6,8-9H,7,14H2,1-2H3,(H,15,16). The molecule has 0 fully saturated rings. The molecule has 0 aliphatic heterocycles. The predicted octanol–water partition coefficient (Wildman–Crippen LogP) is 3.47. The third-order valence-electron chi connectivity index (χ3n) is 2.58. The van der Waals surface area contributed by atoms with Gasteiger partial charge in [-0.05, 0) is 17.5 Å². The molecule has 0 amide bonds. The van der Waals surface area contributed by atoms with Crippen LogP contribution in [0.2, 0.25) is 0 Å². The average Bonchev–Trinajstić information content (AvgIpc) is 2.77. The number of nitrogens with two attached hydrogens (primary N) is 1. The number of nitrogens with one attached hydrogen (secondary N) is 1. The topological polar surface area (TPSA) is 50.9 Å². The van der Waals surface area contributed by atoms with Gasteiger partial charge in [-0.2, -0.15) is 0 Å². The van der Waals surface area contributed by atoms with Crippen LogP contribution < -0.4 is 11.1 Å². The number of benzene rings is 1. The Balaban J connectivity index is 2.23. The Kier molecular flexibility index (Phi) is 3.76. The number of rotatable bonds is 4. The number of hydrogen-bond acceptors (Lipinski definition) is 4. The molecule has 4 heteroatoms. The van der Waals surface area contributed by atoms with E-state index in [1.54, 1.807) is 11.3 Å². The van der Waals surface area contributed by atoms with Crippen LogP contribution in [0.15, 0.2) is 30.5 Å². The predicted molar refractivity (Wildman–Crippen MR) is 73.8 cm³/mol. The van der Waals surface area contributed by atoms with E-state index < -0.39 is 0 Å². The molecule has 0 spiro atoms. The summed E-state index contributed by atoms with van der Waals surface area (Å²) in [4.78, 5) is 5.40. The summed E-state index contributed by atoms with van der Waals surface area (Å²) in [5, 5.41) is 4.26. The molecule has 3 N–H and O–H groups in total. The minimum Gasteiger partial charge on any atom is -0.331 e. The number of hydrogen-bond donors (Lipinski definition) is 2. The Morgan fingerprint density at radius 2 is 2.12 bits per heavy atom. The molecule has 0 atom stereocenters. The van der Waals surface area contributed by atoms with Crippen molar-refractivity contribution in [3.05, 3.63) is 40.9 Å². The van der Waals surface area contributed by atoms with Crippen LogP contribution >= 0.6 is 11.3 Å². The first-order valence-corrected chi connectivity index (χ1v) is 6.53. The van der Waals surface area contributed by atoms with Gasteiger partial charge in [0.15, 0.2) is 5.13 Å². The molecule has 1 heterocycles. The second-order valence-electron chi connectivity index (χ2n) is 4.20. The minimum absolute atomic E-state index is 0.493. The van der Waals surface area contributed by atoms with Crippen LogP contribution in [0, 0.1) is 0 Å². The minimum atomic E-state index is 0.493. The first-order chi connectivity index (χ1) is 8.20. The van der Waals surface area contributed by atoms with Crippen molar-refractivity contribution in [3.63, 3.8) is 0 Å². The van der Waals surface area contributed by atoms with Gasteiger partial charge < -0.3 is 11.1 Å². The van der Waals surface area contributed by atoms with Crippen LogP contribution in [-0.4, -0.2) is 4.98 Å². The van der Waals surface area contributed by atoms with E-state index in [-0.39, 0.29) is 0 Å². The highest BCUT2D eigenvalue weighted by molar-refractivity contribution is 7.15. The third-order valence-corrected chi connectivity index (χ3v) is 3.51. The molecule has 2 rings (SSSR count). The quantitative estimate of drug-likeness (QED) is 0.869. The molecule has 0 unspecified atom stereocenters. The smallest absolute Gasteiger partial charge is 0.187 e. The van der Waals surface area contributed by atoms with Crippen molar-refractivity contribution >= 4 is 22.2 Å². The fraction of sp³-hybridized carbons (Fsp3) is 0.308. The molecule has 0 aliphatic carbocycles. The maximum Gasteiger partial charge on any atom is 0.187 e. The zero-order chi connectivity index (χ0) is 12.3. The van der Waals surface area contributed by atoms with Crippen molar-refractivity contribution in [2.45, 2.75) is 26.3 Å². The van der Waals surface area contributed by atoms with Crippen molar-refractivity contribution < 1.29 is 0 Å². The van der Waals surface area contributed by atoms with Crippen LogP contribution in [0.25, 0.3) is 0 Å². The van der Waals surface area contributed by atoms with E-state index in [1.807, 2.05) is 12.3 Å². The van der Waals surface area contributed by atoms with Gasteiger partial charge in [0.1, 0.15) is 0 Å². The van der Waals surface area contributed by atoms with E-state index >= 15 is 0 Å². The summed E-state index contributed by atoms with van der Waals surface area (Å²) >= 11 is 1.60. The molecule has 17 heavy (non-hydrogen) atoms. The largest absolute Gasteiger partial charge is 0.331 e. The van der Waals surface area contributed by atoms with E-state index in [4.69, 9.17) is 5.73 Å². The van der Waals surface area contributed by atoms with Crippen LogP contribution in [0.1, 0.15) is 30.2 Å². The molecular weight excluding hydrogens is 230 g/mol. The maximum absolute atomic E-state index is 5.58. The fourth-order valence-corrected chi connectivity index (χ4v) is 2.39. The molecule has 1 aromatic carbocycles. The van der Waals surface area contributed by atoms with Gasteiger partial charge in [0.05, 0.1) is 0 Å². The van der Waals surface area contributed by atoms with Gasteiger partial charge in [0.2, 0.25) is 0 Å². The normalized spacial score (nSPS) is 10.8. The molecule has 90 valence electrons. The van der Waals surface area contributed by atoms with Crippen molar-refractivity contribution in [1.29, 1.82) is 0 Å². The van der Waals surface area contributed by atoms with E-state index in [2.05, 4.69) is 42.3 Å². The van der Waals surface area contributed by atoms with Crippen molar-refractivity contribution in [2.24, 2.45) is 5.73 Å². The van der Waals surface area contributed by atoms with Crippen LogP contribution in [0.3, 0.4) is 0 Å². The molecule has 0 saturated heterocycles. The van der Waals surface area contributed by atoms with Crippen molar-refractivity contribution in [1.82, 2.24) is 4.98 Å². The Labute approximate surface area is 106 Å². The van der Waals surface area contributed by atoms with E-state index in [1.165, 1.54) is 5.56 Å². The molecule has 3 nitrogen and oxygen atoms in total. The molecular formula is C13H17N3S. The van der Waals surface area contributed by atoms with Gasteiger partial charge in [-0.15, -0.1) is 11.3 Å². The summed E-state index contributed by atoms with van der Waals surface area (Å²) in [6, 6.07) is 8.32. The van der Waals surface area contributed by atoms with Gasteiger partial charge in [-0.1, -0.05) is 32.0 Å². The first-order valence-electron chi connectivity index (χ1n) is 5.71. The van der Waals surface area contributed by atoms with Gasteiger partial charge >= 0.3 is 0 Å².